The van der Waals surface area contributed by atoms with Gasteiger partial charge in [-0.1, -0.05) is 61.5 Å². The van der Waals surface area contributed by atoms with Crippen LogP contribution in [0.5, 0.6) is 0 Å². The first-order valence-corrected chi connectivity index (χ1v) is 14.2. The molecule has 2 aromatic carbocycles. The number of fused-ring (bicyclic) bond motifs is 1. The van der Waals surface area contributed by atoms with Crippen molar-refractivity contribution < 1.29 is 4.79 Å². The number of carbonyl (C=O) groups is 1. The highest BCUT2D eigenvalue weighted by Gasteiger charge is 2.41. The molecule has 0 saturated carbocycles. The highest BCUT2D eigenvalue weighted by molar-refractivity contribution is 5.85. The Hall–Kier alpha value is -3.25. The van der Waals surface area contributed by atoms with E-state index in [4.69, 9.17) is 4.98 Å². The van der Waals surface area contributed by atoms with E-state index in [1.165, 1.54) is 22.4 Å². The van der Waals surface area contributed by atoms with Gasteiger partial charge in [-0.2, -0.15) is 0 Å². The molecule has 1 aromatic heterocycles. The Morgan fingerprint density at radius 1 is 0.947 bits per heavy atom. The van der Waals surface area contributed by atoms with Crippen molar-refractivity contribution in [1.82, 2.24) is 20.2 Å². The maximum atomic E-state index is 14.2. The lowest BCUT2D eigenvalue weighted by molar-refractivity contribution is -0.133. The van der Waals surface area contributed by atoms with Gasteiger partial charge < -0.3 is 15.1 Å². The first-order chi connectivity index (χ1) is 18.4. The molecule has 1 N–H and O–H groups in total. The van der Waals surface area contributed by atoms with E-state index >= 15 is 0 Å². The predicted molar refractivity (Wildman–Crippen MR) is 152 cm³/mol. The first-order valence-electron chi connectivity index (χ1n) is 14.2. The van der Waals surface area contributed by atoms with E-state index in [2.05, 4.69) is 89.4 Å². The Labute approximate surface area is 226 Å². The molecule has 0 unspecified atom stereocenters. The van der Waals surface area contributed by atoms with Crippen LogP contribution >= 0.6 is 0 Å². The number of nitrogens with one attached hydrogen (secondary N) is 1. The molecule has 1 aliphatic carbocycles. The van der Waals surface area contributed by atoms with Gasteiger partial charge in [0.2, 0.25) is 5.91 Å². The van der Waals surface area contributed by atoms with Crippen molar-refractivity contribution in [3.8, 4) is 11.1 Å². The van der Waals surface area contributed by atoms with Gasteiger partial charge in [0.05, 0.1) is 5.92 Å². The molecule has 38 heavy (non-hydrogen) atoms. The van der Waals surface area contributed by atoms with Crippen molar-refractivity contribution in [2.24, 2.45) is 0 Å². The molecule has 6 rings (SSSR count). The van der Waals surface area contributed by atoms with Crippen LogP contribution in [0.1, 0.15) is 68.7 Å². The van der Waals surface area contributed by atoms with Gasteiger partial charge in [-0.15, -0.1) is 0 Å². The minimum absolute atomic E-state index is 0.0515. The second-order valence-corrected chi connectivity index (χ2v) is 11.9. The summed E-state index contributed by atoms with van der Waals surface area (Å²) >= 11 is 0. The summed E-state index contributed by atoms with van der Waals surface area (Å²) in [5.74, 6) is 1.64. The van der Waals surface area contributed by atoms with Gasteiger partial charge in [-0.05, 0) is 62.1 Å². The van der Waals surface area contributed by atoms with E-state index in [1.54, 1.807) is 6.33 Å². The maximum absolute atomic E-state index is 14.2. The Morgan fingerprint density at radius 2 is 1.66 bits per heavy atom. The number of rotatable bonds is 5. The zero-order valence-electron chi connectivity index (χ0n) is 22.9. The quantitative estimate of drug-likeness (QED) is 0.515. The molecule has 2 aliphatic heterocycles. The fourth-order valence-corrected chi connectivity index (χ4v) is 6.68. The van der Waals surface area contributed by atoms with Crippen molar-refractivity contribution in [2.45, 2.75) is 69.9 Å². The molecule has 3 heterocycles. The van der Waals surface area contributed by atoms with Crippen LogP contribution in [0.2, 0.25) is 0 Å². The molecule has 3 aliphatic rings. The second kappa shape index (κ2) is 10.1. The third-order valence-electron chi connectivity index (χ3n) is 8.85. The van der Waals surface area contributed by atoms with Crippen LogP contribution in [0.3, 0.4) is 0 Å². The number of hydrogen-bond acceptors (Lipinski definition) is 5. The summed E-state index contributed by atoms with van der Waals surface area (Å²) in [5.41, 5.74) is 6.06. The SMILES string of the molecule is C[C@@H]1CCc2ncnc(N3CCN(C(=O)[C@@H](c4ccc(-c5ccccc5)cc4)[C@@H]4CCC(C)(C)N4)CC3)c21. The molecule has 198 valence electrons. The minimum Gasteiger partial charge on any atom is -0.353 e. The van der Waals surface area contributed by atoms with Crippen molar-refractivity contribution >= 4 is 11.7 Å². The van der Waals surface area contributed by atoms with E-state index in [0.717, 1.165) is 63.2 Å². The van der Waals surface area contributed by atoms with Gasteiger partial charge in [0.15, 0.2) is 0 Å². The Bertz CT molecular complexity index is 1280. The summed E-state index contributed by atoms with van der Waals surface area (Å²) in [4.78, 5) is 27.9. The van der Waals surface area contributed by atoms with Gasteiger partial charge in [0, 0.05) is 49.0 Å². The number of hydrogen-bond donors (Lipinski definition) is 1. The summed E-state index contributed by atoms with van der Waals surface area (Å²) in [7, 11) is 0. The largest absolute Gasteiger partial charge is 0.353 e. The highest BCUT2D eigenvalue weighted by Crippen LogP contribution is 2.38. The third kappa shape index (κ3) is 4.82. The third-order valence-corrected chi connectivity index (χ3v) is 8.85. The number of amides is 1. The highest BCUT2D eigenvalue weighted by atomic mass is 16.2. The summed E-state index contributed by atoms with van der Waals surface area (Å²) in [6.07, 6.45) is 5.99. The van der Waals surface area contributed by atoms with Crippen LogP contribution in [-0.2, 0) is 11.2 Å². The molecular weight excluding hydrogens is 470 g/mol. The van der Waals surface area contributed by atoms with Crippen LogP contribution in [0.25, 0.3) is 11.1 Å². The van der Waals surface area contributed by atoms with E-state index in [-0.39, 0.29) is 23.4 Å². The number of aromatic nitrogens is 2. The van der Waals surface area contributed by atoms with Gasteiger partial charge in [0.1, 0.15) is 12.1 Å². The smallest absolute Gasteiger partial charge is 0.231 e. The van der Waals surface area contributed by atoms with Crippen molar-refractivity contribution in [3.05, 3.63) is 77.7 Å². The molecular formula is C32H39N5O. The topological polar surface area (TPSA) is 61.4 Å². The van der Waals surface area contributed by atoms with Gasteiger partial charge in [-0.3, -0.25) is 4.79 Å². The second-order valence-electron chi connectivity index (χ2n) is 11.9. The molecule has 3 atom stereocenters. The lowest BCUT2D eigenvalue weighted by Gasteiger charge is -2.39. The van der Waals surface area contributed by atoms with Crippen LogP contribution in [0.4, 0.5) is 5.82 Å². The fraction of sp³-hybridized carbons (Fsp3) is 0.469. The minimum atomic E-state index is -0.184. The number of aryl methyl sites for hydroxylation is 1. The molecule has 1 amide bonds. The van der Waals surface area contributed by atoms with Gasteiger partial charge in [-0.25, -0.2) is 9.97 Å². The number of piperazine rings is 1. The molecule has 0 radical (unpaired) electrons. The Morgan fingerprint density at radius 3 is 2.34 bits per heavy atom. The number of anilines is 1. The van der Waals surface area contributed by atoms with Crippen LogP contribution in [-0.4, -0.2) is 58.5 Å². The zero-order valence-corrected chi connectivity index (χ0v) is 22.9. The predicted octanol–water partition coefficient (Wildman–Crippen LogP) is 5.16. The van der Waals surface area contributed by atoms with Crippen molar-refractivity contribution in [3.63, 3.8) is 0 Å². The average molecular weight is 510 g/mol. The van der Waals surface area contributed by atoms with E-state index in [1.807, 2.05) is 6.07 Å². The Balaban J connectivity index is 1.21. The number of nitrogens with zero attached hydrogens (tertiary/aromatic N) is 4. The van der Waals surface area contributed by atoms with E-state index in [9.17, 15) is 4.79 Å². The van der Waals surface area contributed by atoms with Crippen molar-refractivity contribution in [2.75, 3.05) is 31.1 Å². The molecule has 2 fully saturated rings. The lowest BCUT2D eigenvalue weighted by atomic mass is 9.87. The first kappa shape index (κ1) is 25.1. The summed E-state index contributed by atoms with van der Waals surface area (Å²) < 4.78 is 0. The van der Waals surface area contributed by atoms with Crippen molar-refractivity contribution in [1.29, 1.82) is 0 Å². The normalized spacial score (nSPS) is 23.3. The van der Waals surface area contributed by atoms with Crippen LogP contribution in [0, 0.1) is 0 Å². The summed E-state index contributed by atoms with van der Waals surface area (Å²) in [6.45, 7) is 9.83. The lowest BCUT2D eigenvalue weighted by Crippen LogP contribution is -2.53. The fourth-order valence-electron chi connectivity index (χ4n) is 6.68. The number of benzene rings is 2. The van der Waals surface area contributed by atoms with E-state index < -0.39 is 0 Å². The molecule has 2 saturated heterocycles. The molecule has 0 bridgehead atoms. The Kier molecular flexibility index (Phi) is 6.68. The molecule has 3 aromatic rings. The molecule has 6 nitrogen and oxygen atoms in total. The van der Waals surface area contributed by atoms with Gasteiger partial charge in [0.25, 0.3) is 0 Å². The van der Waals surface area contributed by atoms with E-state index in [0.29, 0.717) is 5.92 Å². The zero-order chi connectivity index (χ0) is 26.3. The molecule has 0 spiro atoms. The van der Waals surface area contributed by atoms with Crippen LogP contribution in [0.15, 0.2) is 60.9 Å². The standard InChI is InChI=1S/C32H39N5O/c1-22-9-14-26-28(22)30(34-21-33-26)36-17-19-37(20-18-36)31(38)29(27-15-16-32(2,3)35-27)25-12-10-24(11-13-25)23-7-5-4-6-8-23/h4-8,10-13,21-22,27,29,35H,9,14-20H2,1-3H3/t22-,27+,29+/m1/s1. The van der Waals surface area contributed by atoms with Gasteiger partial charge >= 0.3 is 0 Å². The number of carbonyl (C=O) groups excluding carboxylic acids is 1. The average Bonchev–Trinajstić information content (AvgIpc) is 3.51. The molecule has 6 heteroatoms. The summed E-state index contributed by atoms with van der Waals surface area (Å²) in [5, 5.41) is 3.79. The van der Waals surface area contributed by atoms with Crippen LogP contribution < -0.4 is 10.2 Å². The maximum Gasteiger partial charge on any atom is 0.231 e. The summed E-state index contributed by atoms with van der Waals surface area (Å²) in [6, 6.07) is 19.2. The monoisotopic (exact) mass is 509 g/mol.